The summed E-state index contributed by atoms with van der Waals surface area (Å²) >= 11 is 0. The largest absolute Gasteiger partial charge is 0.398 e. The Morgan fingerprint density at radius 2 is 2.21 bits per heavy atom. The molecule has 0 saturated carbocycles. The Hall–Kier alpha value is -1.99. The van der Waals surface area contributed by atoms with Crippen LogP contribution in [0.3, 0.4) is 0 Å². The molecule has 1 aliphatic heterocycles. The van der Waals surface area contributed by atoms with Gasteiger partial charge in [-0.2, -0.15) is 4.98 Å². The fourth-order valence-electron chi connectivity index (χ4n) is 1.84. The van der Waals surface area contributed by atoms with Crippen LogP contribution >= 0.6 is 0 Å². The van der Waals surface area contributed by atoms with Crippen LogP contribution in [-0.4, -0.2) is 30.0 Å². The van der Waals surface area contributed by atoms with Crippen molar-refractivity contribution in [2.75, 3.05) is 25.6 Å². The van der Waals surface area contributed by atoms with Crippen molar-refractivity contribution in [2.45, 2.75) is 6.10 Å². The first-order chi connectivity index (χ1) is 9.24. The minimum Gasteiger partial charge on any atom is -0.398 e. The molecule has 1 atom stereocenters. The van der Waals surface area contributed by atoms with E-state index in [-0.39, 0.29) is 17.7 Å². The Kier molecular flexibility index (Phi) is 3.14. The van der Waals surface area contributed by atoms with Crippen molar-refractivity contribution in [2.24, 2.45) is 0 Å². The first-order valence-electron chi connectivity index (χ1n) is 5.82. The standard InChI is InChI=1S/C12H12FN3O3/c13-7-1-2-8(9(14)5-7)12-15-11(16-19-12)10-6-17-3-4-18-10/h1-2,5,10H,3-4,6,14H2. The van der Waals surface area contributed by atoms with Gasteiger partial charge in [-0.1, -0.05) is 5.16 Å². The average molecular weight is 265 g/mol. The van der Waals surface area contributed by atoms with E-state index in [0.717, 1.165) is 0 Å². The fourth-order valence-corrected chi connectivity index (χ4v) is 1.84. The van der Waals surface area contributed by atoms with Crippen LogP contribution in [0, 0.1) is 5.82 Å². The highest BCUT2D eigenvalue weighted by molar-refractivity contribution is 5.70. The molecular formula is C12H12FN3O3. The molecule has 2 heterocycles. The summed E-state index contributed by atoms with van der Waals surface area (Å²) in [5.41, 5.74) is 6.46. The zero-order chi connectivity index (χ0) is 13.2. The molecular weight excluding hydrogens is 253 g/mol. The smallest absolute Gasteiger partial charge is 0.260 e. The van der Waals surface area contributed by atoms with E-state index in [2.05, 4.69) is 10.1 Å². The van der Waals surface area contributed by atoms with Gasteiger partial charge in [-0.3, -0.25) is 0 Å². The van der Waals surface area contributed by atoms with Gasteiger partial charge in [0.1, 0.15) is 11.9 Å². The van der Waals surface area contributed by atoms with Gasteiger partial charge in [0.05, 0.1) is 25.4 Å². The summed E-state index contributed by atoms with van der Waals surface area (Å²) in [6.45, 7) is 1.44. The van der Waals surface area contributed by atoms with E-state index < -0.39 is 5.82 Å². The number of benzene rings is 1. The molecule has 2 aromatic rings. The third kappa shape index (κ3) is 2.42. The third-order valence-corrected chi connectivity index (χ3v) is 2.79. The Morgan fingerprint density at radius 1 is 1.32 bits per heavy atom. The molecule has 1 saturated heterocycles. The summed E-state index contributed by atoms with van der Waals surface area (Å²) in [5.74, 6) is 0.227. The van der Waals surface area contributed by atoms with Crippen LogP contribution in [0.15, 0.2) is 22.7 Å². The normalized spacial score (nSPS) is 19.5. The van der Waals surface area contributed by atoms with Crippen LogP contribution in [0.2, 0.25) is 0 Å². The van der Waals surface area contributed by atoms with Gasteiger partial charge in [0.15, 0.2) is 0 Å². The van der Waals surface area contributed by atoms with Crippen molar-refractivity contribution in [1.82, 2.24) is 10.1 Å². The Bertz CT molecular complexity index is 581. The number of aromatic nitrogens is 2. The molecule has 2 N–H and O–H groups in total. The molecule has 0 spiro atoms. The van der Waals surface area contributed by atoms with Gasteiger partial charge in [0.2, 0.25) is 5.82 Å². The minimum absolute atomic E-state index is 0.238. The third-order valence-electron chi connectivity index (χ3n) is 2.79. The molecule has 100 valence electrons. The van der Waals surface area contributed by atoms with E-state index in [4.69, 9.17) is 19.7 Å². The summed E-state index contributed by atoms with van der Waals surface area (Å²) in [7, 11) is 0. The van der Waals surface area contributed by atoms with Crippen LogP contribution in [0.5, 0.6) is 0 Å². The molecule has 1 aromatic carbocycles. The second kappa shape index (κ2) is 4.94. The highest BCUT2D eigenvalue weighted by Gasteiger charge is 2.23. The molecule has 1 unspecified atom stereocenters. The van der Waals surface area contributed by atoms with Crippen molar-refractivity contribution in [3.05, 3.63) is 29.8 Å². The molecule has 19 heavy (non-hydrogen) atoms. The number of hydrogen-bond acceptors (Lipinski definition) is 6. The van der Waals surface area contributed by atoms with Crippen LogP contribution < -0.4 is 5.73 Å². The van der Waals surface area contributed by atoms with Crippen LogP contribution in [-0.2, 0) is 9.47 Å². The lowest BCUT2D eigenvalue weighted by Crippen LogP contribution is -2.22. The molecule has 0 bridgehead atoms. The second-order valence-electron chi connectivity index (χ2n) is 4.12. The molecule has 0 radical (unpaired) electrons. The van der Waals surface area contributed by atoms with Crippen LogP contribution in [0.4, 0.5) is 10.1 Å². The quantitative estimate of drug-likeness (QED) is 0.829. The van der Waals surface area contributed by atoms with Crippen molar-refractivity contribution in [3.63, 3.8) is 0 Å². The molecule has 1 fully saturated rings. The Balaban J connectivity index is 1.87. The predicted molar refractivity (Wildman–Crippen MR) is 63.6 cm³/mol. The first kappa shape index (κ1) is 12.1. The lowest BCUT2D eigenvalue weighted by atomic mass is 10.2. The maximum Gasteiger partial charge on any atom is 0.260 e. The maximum atomic E-state index is 13.0. The van der Waals surface area contributed by atoms with Gasteiger partial charge in [0.25, 0.3) is 5.89 Å². The number of halogens is 1. The number of nitrogens with two attached hydrogens (primary N) is 1. The van der Waals surface area contributed by atoms with Crippen LogP contribution in [0.25, 0.3) is 11.5 Å². The summed E-state index contributed by atoms with van der Waals surface area (Å²) < 4.78 is 28.8. The lowest BCUT2D eigenvalue weighted by molar-refractivity contribution is -0.0941. The molecule has 0 aliphatic carbocycles. The van der Waals surface area contributed by atoms with Gasteiger partial charge >= 0.3 is 0 Å². The number of ether oxygens (including phenoxy) is 2. The van der Waals surface area contributed by atoms with Gasteiger partial charge < -0.3 is 19.7 Å². The number of nitrogen functional groups attached to an aromatic ring is 1. The van der Waals surface area contributed by atoms with E-state index in [9.17, 15) is 4.39 Å². The lowest BCUT2D eigenvalue weighted by Gasteiger charge is -2.19. The number of nitrogens with zero attached hydrogens (tertiary/aromatic N) is 2. The molecule has 0 amide bonds. The van der Waals surface area contributed by atoms with E-state index in [1.165, 1.54) is 18.2 Å². The van der Waals surface area contributed by atoms with Crippen molar-refractivity contribution in [1.29, 1.82) is 0 Å². The fraction of sp³-hybridized carbons (Fsp3) is 0.333. The monoisotopic (exact) mass is 265 g/mol. The van der Waals surface area contributed by atoms with E-state index in [1.807, 2.05) is 0 Å². The van der Waals surface area contributed by atoms with Gasteiger partial charge in [-0.05, 0) is 18.2 Å². The molecule has 6 nitrogen and oxygen atoms in total. The zero-order valence-corrected chi connectivity index (χ0v) is 10.0. The van der Waals surface area contributed by atoms with Crippen molar-refractivity contribution >= 4 is 5.69 Å². The Morgan fingerprint density at radius 3 is 2.95 bits per heavy atom. The van der Waals surface area contributed by atoms with Crippen molar-refractivity contribution in [3.8, 4) is 11.5 Å². The molecule has 7 heteroatoms. The highest BCUT2D eigenvalue weighted by Crippen LogP contribution is 2.27. The molecule has 1 aliphatic rings. The number of hydrogen-bond donors (Lipinski definition) is 1. The predicted octanol–water partition coefficient (Wildman–Crippen LogP) is 1.55. The first-order valence-corrected chi connectivity index (χ1v) is 5.82. The van der Waals surface area contributed by atoms with Gasteiger partial charge in [-0.15, -0.1) is 0 Å². The number of anilines is 1. The molecule has 1 aromatic heterocycles. The van der Waals surface area contributed by atoms with Gasteiger partial charge in [0, 0.05) is 5.69 Å². The van der Waals surface area contributed by atoms with Crippen LogP contribution in [0.1, 0.15) is 11.9 Å². The summed E-state index contributed by atoms with van der Waals surface area (Å²) in [6.07, 6.45) is -0.340. The summed E-state index contributed by atoms with van der Waals surface area (Å²) in [4.78, 5) is 4.21. The highest BCUT2D eigenvalue weighted by atomic mass is 19.1. The van der Waals surface area contributed by atoms with Crippen molar-refractivity contribution < 1.29 is 18.4 Å². The minimum atomic E-state index is -0.412. The van der Waals surface area contributed by atoms with E-state index in [0.29, 0.717) is 31.2 Å². The van der Waals surface area contributed by atoms with E-state index >= 15 is 0 Å². The topological polar surface area (TPSA) is 83.4 Å². The summed E-state index contributed by atoms with van der Waals surface area (Å²) in [5, 5.41) is 3.84. The number of rotatable bonds is 2. The summed E-state index contributed by atoms with van der Waals surface area (Å²) in [6, 6.07) is 4.00. The SMILES string of the molecule is Nc1cc(F)ccc1-c1nc(C2COCCO2)no1. The van der Waals surface area contributed by atoms with E-state index in [1.54, 1.807) is 0 Å². The average Bonchev–Trinajstić information content (AvgIpc) is 2.89. The zero-order valence-electron chi connectivity index (χ0n) is 10.0. The maximum absolute atomic E-state index is 13.0. The van der Waals surface area contributed by atoms with Gasteiger partial charge in [-0.25, -0.2) is 4.39 Å². The second-order valence-corrected chi connectivity index (χ2v) is 4.12. The molecule has 3 rings (SSSR count). The Labute approximate surface area is 108 Å².